The summed E-state index contributed by atoms with van der Waals surface area (Å²) in [5.74, 6) is 0.0375. The molecule has 0 bridgehead atoms. The highest BCUT2D eigenvalue weighted by Gasteiger charge is 2.09. The van der Waals surface area contributed by atoms with Gasteiger partial charge in [-0.25, -0.2) is 4.98 Å². The Morgan fingerprint density at radius 3 is 2.53 bits per heavy atom. The Bertz CT molecular complexity index is 1170. The van der Waals surface area contributed by atoms with E-state index in [2.05, 4.69) is 15.6 Å². The zero-order valence-electron chi connectivity index (χ0n) is 16.2. The second-order valence-electron chi connectivity index (χ2n) is 6.67. The molecular formula is C23H19N3O2S2. The van der Waals surface area contributed by atoms with Crippen LogP contribution >= 0.6 is 23.1 Å². The lowest BCUT2D eigenvalue weighted by Crippen LogP contribution is -2.13. The quantitative estimate of drug-likeness (QED) is 0.389. The van der Waals surface area contributed by atoms with Gasteiger partial charge in [0.25, 0.3) is 5.91 Å². The molecule has 0 radical (unpaired) electrons. The minimum atomic E-state index is -0.144. The number of hydrogen-bond donors (Lipinski definition) is 2. The molecule has 0 fully saturated rings. The maximum absolute atomic E-state index is 12.3. The number of para-hydroxylation sites is 1. The summed E-state index contributed by atoms with van der Waals surface area (Å²) < 4.78 is 1.05. The SMILES string of the molecule is Cc1cccc(C(=O)Nc2ccc(SCC(=O)Nc3nc4ccccc4s3)cc2)c1. The van der Waals surface area contributed by atoms with E-state index in [-0.39, 0.29) is 17.6 Å². The molecule has 2 amide bonds. The molecule has 0 spiro atoms. The lowest BCUT2D eigenvalue weighted by molar-refractivity contribution is -0.113. The first-order chi connectivity index (χ1) is 14.6. The number of rotatable bonds is 6. The fourth-order valence-corrected chi connectivity index (χ4v) is 4.43. The third-order valence-electron chi connectivity index (χ3n) is 4.30. The van der Waals surface area contributed by atoms with Crippen molar-refractivity contribution >= 4 is 55.9 Å². The summed E-state index contributed by atoms with van der Waals surface area (Å²) in [6.45, 7) is 1.95. The minimum absolute atomic E-state index is 0.101. The molecule has 5 nitrogen and oxygen atoms in total. The Labute approximate surface area is 182 Å². The number of hydrogen-bond acceptors (Lipinski definition) is 5. The maximum atomic E-state index is 12.3. The average Bonchev–Trinajstić information content (AvgIpc) is 3.15. The zero-order chi connectivity index (χ0) is 20.9. The minimum Gasteiger partial charge on any atom is -0.322 e. The topological polar surface area (TPSA) is 71.1 Å². The van der Waals surface area contributed by atoms with Gasteiger partial charge in [-0.3, -0.25) is 9.59 Å². The van der Waals surface area contributed by atoms with E-state index in [9.17, 15) is 9.59 Å². The van der Waals surface area contributed by atoms with Crippen molar-refractivity contribution in [3.8, 4) is 0 Å². The number of thiazole rings is 1. The second-order valence-corrected chi connectivity index (χ2v) is 8.75. The molecule has 0 aliphatic rings. The molecule has 0 saturated carbocycles. The maximum Gasteiger partial charge on any atom is 0.255 e. The van der Waals surface area contributed by atoms with Gasteiger partial charge >= 0.3 is 0 Å². The number of nitrogens with zero attached hydrogens (tertiary/aromatic N) is 1. The van der Waals surface area contributed by atoms with E-state index in [4.69, 9.17) is 0 Å². The number of aryl methyl sites for hydroxylation is 1. The first kappa shape index (κ1) is 20.1. The Morgan fingerprint density at radius 1 is 0.967 bits per heavy atom. The third kappa shape index (κ3) is 5.06. The summed E-state index contributed by atoms with van der Waals surface area (Å²) in [5, 5.41) is 6.35. The van der Waals surface area contributed by atoms with Gasteiger partial charge in [-0.15, -0.1) is 11.8 Å². The van der Waals surface area contributed by atoms with E-state index in [0.29, 0.717) is 16.4 Å². The lowest BCUT2D eigenvalue weighted by atomic mass is 10.1. The van der Waals surface area contributed by atoms with Crippen LogP contribution in [0.2, 0.25) is 0 Å². The molecular weight excluding hydrogens is 414 g/mol. The number of benzene rings is 3. The first-order valence-electron chi connectivity index (χ1n) is 9.33. The summed E-state index contributed by atoms with van der Waals surface area (Å²) in [4.78, 5) is 29.9. The van der Waals surface area contributed by atoms with Crippen LogP contribution in [0.4, 0.5) is 10.8 Å². The predicted octanol–water partition coefficient (Wildman–Crippen LogP) is 5.59. The number of nitrogens with one attached hydrogen (secondary N) is 2. The van der Waals surface area contributed by atoms with Crippen molar-refractivity contribution in [2.24, 2.45) is 0 Å². The molecule has 150 valence electrons. The standard InChI is InChI=1S/C23H19N3O2S2/c1-15-5-4-6-16(13-15)22(28)24-17-9-11-18(12-10-17)29-14-21(27)26-23-25-19-7-2-3-8-20(19)30-23/h2-13H,14H2,1H3,(H,24,28)(H,25,26,27). The van der Waals surface area contributed by atoms with Crippen molar-refractivity contribution in [3.05, 3.63) is 83.9 Å². The van der Waals surface area contributed by atoms with Gasteiger partial charge in [0.15, 0.2) is 5.13 Å². The Balaban J connectivity index is 1.30. The molecule has 0 aliphatic carbocycles. The van der Waals surface area contributed by atoms with Gasteiger partial charge in [0.2, 0.25) is 5.91 Å². The van der Waals surface area contributed by atoms with Crippen LogP contribution in [0.1, 0.15) is 15.9 Å². The largest absolute Gasteiger partial charge is 0.322 e. The Kier molecular flexibility index (Phi) is 6.11. The van der Waals surface area contributed by atoms with Gasteiger partial charge in [0.1, 0.15) is 0 Å². The summed E-state index contributed by atoms with van der Waals surface area (Å²) in [5.41, 5.74) is 3.26. The van der Waals surface area contributed by atoms with E-state index < -0.39 is 0 Å². The number of thioether (sulfide) groups is 1. The summed E-state index contributed by atoms with van der Waals surface area (Å²) in [7, 11) is 0. The monoisotopic (exact) mass is 433 g/mol. The molecule has 0 atom stereocenters. The van der Waals surface area contributed by atoms with Gasteiger partial charge < -0.3 is 10.6 Å². The summed E-state index contributed by atoms with van der Waals surface area (Å²) in [6, 6.07) is 22.7. The van der Waals surface area contributed by atoms with Crippen molar-refractivity contribution < 1.29 is 9.59 Å². The highest BCUT2D eigenvalue weighted by Crippen LogP contribution is 2.26. The fourth-order valence-electron chi connectivity index (χ4n) is 2.85. The number of amides is 2. The molecule has 4 aromatic rings. The van der Waals surface area contributed by atoms with Crippen LogP contribution in [-0.2, 0) is 4.79 Å². The molecule has 4 rings (SSSR count). The average molecular weight is 434 g/mol. The Hall–Kier alpha value is -3.16. The molecule has 7 heteroatoms. The normalized spacial score (nSPS) is 10.7. The van der Waals surface area contributed by atoms with Crippen LogP contribution in [0.25, 0.3) is 10.2 Å². The van der Waals surface area contributed by atoms with Crippen molar-refractivity contribution in [1.82, 2.24) is 4.98 Å². The van der Waals surface area contributed by atoms with Crippen molar-refractivity contribution in [2.75, 3.05) is 16.4 Å². The van der Waals surface area contributed by atoms with Crippen LogP contribution in [-0.4, -0.2) is 22.6 Å². The zero-order valence-corrected chi connectivity index (χ0v) is 17.8. The number of carbonyl (C=O) groups is 2. The molecule has 3 aromatic carbocycles. The number of carbonyl (C=O) groups excluding carboxylic acids is 2. The van der Waals surface area contributed by atoms with Crippen LogP contribution in [0.5, 0.6) is 0 Å². The fraction of sp³-hybridized carbons (Fsp3) is 0.0870. The summed E-state index contributed by atoms with van der Waals surface area (Å²) >= 11 is 2.89. The van der Waals surface area contributed by atoms with Gasteiger partial charge in [-0.2, -0.15) is 0 Å². The first-order valence-corrected chi connectivity index (χ1v) is 11.1. The van der Waals surface area contributed by atoms with Crippen molar-refractivity contribution in [1.29, 1.82) is 0 Å². The molecule has 2 N–H and O–H groups in total. The van der Waals surface area contributed by atoms with Gasteiger partial charge in [-0.1, -0.05) is 41.2 Å². The number of fused-ring (bicyclic) bond motifs is 1. The highest BCUT2D eigenvalue weighted by atomic mass is 32.2. The van der Waals surface area contributed by atoms with Crippen molar-refractivity contribution in [3.63, 3.8) is 0 Å². The van der Waals surface area contributed by atoms with Crippen LogP contribution in [0.15, 0.2) is 77.7 Å². The van der Waals surface area contributed by atoms with Gasteiger partial charge in [-0.05, 0) is 55.5 Å². The second kappa shape index (κ2) is 9.11. The molecule has 1 heterocycles. The van der Waals surface area contributed by atoms with Gasteiger partial charge in [0.05, 0.1) is 16.0 Å². The van der Waals surface area contributed by atoms with E-state index >= 15 is 0 Å². The van der Waals surface area contributed by atoms with E-state index in [1.165, 1.54) is 23.1 Å². The molecule has 0 aliphatic heterocycles. The van der Waals surface area contributed by atoms with Crippen LogP contribution in [0, 0.1) is 6.92 Å². The number of aromatic nitrogens is 1. The van der Waals surface area contributed by atoms with E-state index in [0.717, 1.165) is 20.7 Å². The van der Waals surface area contributed by atoms with E-state index in [1.54, 1.807) is 6.07 Å². The smallest absolute Gasteiger partial charge is 0.255 e. The molecule has 0 saturated heterocycles. The van der Waals surface area contributed by atoms with E-state index in [1.807, 2.05) is 73.7 Å². The Morgan fingerprint density at radius 2 is 1.77 bits per heavy atom. The summed E-state index contributed by atoms with van der Waals surface area (Å²) in [6.07, 6.45) is 0. The third-order valence-corrected chi connectivity index (χ3v) is 6.27. The number of anilines is 2. The lowest BCUT2D eigenvalue weighted by Gasteiger charge is -2.07. The van der Waals surface area contributed by atoms with Crippen LogP contribution in [0.3, 0.4) is 0 Å². The predicted molar refractivity (Wildman–Crippen MR) is 125 cm³/mol. The molecule has 0 unspecified atom stereocenters. The van der Waals surface area contributed by atoms with Crippen LogP contribution < -0.4 is 10.6 Å². The van der Waals surface area contributed by atoms with Gasteiger partial charge in [0, 0.05) is 16.1 Å². The molecule has 30 heavy (non-hydrogen) atoms. The highest BCUT2D eigenvalue weighted by molar-refractivity contribution is 8.00. The molecule has 1 aromatic heterocycles. The van der Waals surface area contributed by atoms with Crippen molar-refractivity contribution in [2.45, 2.75) is 11.8 Å².